The van der Waals surface area contributed by atoms with E-state index in [4.69, 9.17) is 0 Å². The number of aromatic nitrogens is 3. The molecule has 0 bridgehead atoms. The molecule has 0 unspecified atom stereocenters. The summed E-state index contributed by atoms with van der Waals surface area (Å²) in [5.41, 5.74) is 2.17. The van der Waals surface area contributed by atoms with Crippen LogP contribution in [0, 0.1) is 6.07 Å². The minimum absolute atomic E-state index is 1.04. The van der Waals surface area contributed by atoms with Crippen LogP contribution in [0.25, 0.3) is 16.6 Å². The van der Waals surface area contributed by atoms with Gasteiger partial charge in [-0.1, -0.05) is 6.07 Å². The maximum atomic E-state index is 4.12. The molecule has 1 N–H and O–H groups in total. The lowest BCUT2D eigenvalue weighted by atomic mass is 10.2. The van der Waals surface area contributed by atoms with E-state index in [0.29, 0.717) is 0 Å². The summed E-state index contributed by atoms with van der Waals surface area (Å²) < 4.78 is 1.79. The Bertz CT molecular complexity index is 549. The molecule has 2 heterocycles. The van der Waals surface area contributed by atoms with E-state index in [0.717, 1.165) is 11.2 Å². The number of rotatable bonds is 1. The minimum atomic E-state index is 1.04. The summed E-state index contributed by atoms with van der Waals surface area (Å²) in [6, 6.07) is 11.1. The summed E-state index contributed by atoms with van der Waals surface area (Å²) in [5.74, 6) is 0. The van der Waals surface area contributed by atoms with E-state index in [1.807, 2.05) is 24.5 Å². The molecule has 0 amide bonds. The van der Waals surface area contributed by atoms with E-state index in [1.165, 1.54) is 5.39 Å². The Hall–Kier alpha value is -2.03. The maximum Gasteiger partial charge on any atom is 0.0666 e. The molecular weight excluding hydrogens is 174 g/mol. The summed E-state index contributed by atoms with van der Waals surface area (Å²) >= 11 is 0. The molecule has 3 nitrogen and oxygen atoms in total. The van der Waals surface area contributed by atoms with Gasteiger partial charge in [-0.3, -0.25) is 0 Å². The molecule has 0 atom stereocenters. The van der Waals surface area contributed by atoms with Crippen LogP contribution in [-0.2, 0) is 0 Å². The van der Waals surface area contributed by atoms with Crippen LogP contribution >= 0.6 is 0 Å². The van der Waals surface area contributed by atoms with Gasteiger partial charge in [-0.25, -0.2) is 4.68 Å². The lowest BCUT2D eigenvalue weighted by Gasteiger charge is -2.00. The molecule has 0 aliphatic rings. The first-order valence-corrected chi connectivity index (χ1v) is 4.42. The van der Waals surface area contributed by atoms with Crippen molar-refractivity contribution < 1.29 is 0 Å². The predicted octanol–water partition coefficient (Wildman–Crippen LogP) is 2.15. The van der Waals surface area contributed by atoms with Gasteiger partial charge in [0.05, 0.1) is 11.9 Å². The van der Waals surface area contributed by atoms with E-state index >= 15 is 0 Å². The second kappa shape index (κ2) is 2.73. The zero-order valence-electron chi connectivity index (χ0n) is 7.44. The fraction of sp³-hybridized carbons (Fsp3) is 0. The zero-order chi connectivity index (χ0) is 9.38. The zero-order valence-corrected chi connectivity index (χ0v) is 7.44. The lowest BCUT2D eigenvalue weighted by molar-refractivity contribution is 0.882. The van der Waals surface area contributed by atoms with Gasteiger partial charge in [-0.05, 0) is 23.6 Å². The molecule has 14 heavy (non-hydrogen) atoms. The number of aromatic amines is 1. The second-order valence-electron chi connectivity index (χ2n) is 3.13. The molecule has 3 aromatic rings. The number of fused-ring (bicyclic) bond motifs is 1. The van der Waals surface area contributed by atoms with Gasteiger partial charge in [0, 0.05) is 24.0 Å². The number of H-pyrrole nitrogens is 1. The van der Waals surface area contributed by atoms with Crippen molar-refractivity contribution in [1.29, 1.82) is 0 Å². The first-order chi connectivity index (χ1) is 6.93. The molecule has 0 saturated carbocycles. The monoisotopic (exact) mass is 182 g/mol. The van der Waals surface area contributed by atoms with E-state index in [-0.39, 0.29) is 0 Å². The number of benzene rings is 1. The van der Waals surface area contributed by atoms with Crippen molar-refractivity contribution in [2.45, 2.75) is 0 Å². The Morgan fingerprint density at radius 1 is 1.29 bits per heavy atom. The second-order valence-corrected chi connectivity index (χ2v) is 3.13. The van der Waals surface area contributed by atoms with E-state index in [2.05, 4.69) is 28.3 Å². The van der Waals surface area contributed by atoms with E-state index in [9.17, 15) is 0 Å². The predicted molar refractivity (Wildman–Crippen MR) is 54.3 cm³/mol. The SMILES string of the molecule is [c]1cnn(-c2ccc3cc[nH]c3c2)c1. The number of hydrogen-bond donors (Lipinski definition) is 1. The van der Waals surface area contributed by atoms with Gasteiger partial charge in [0.25, 0.3) is 0 Å². The van der Waals surface area contributed by atoms with Gasteiger partial charge < -0.3 is 4.98 Å². The highest BCUT2D eigenvalue weighted by Gasteiger charge is 1.98. The standard InChI is InChI=1S/C11H8N3/c1-5-13-14(7-1)10-3-2-9-4-6-12-11(9)8-10/h2-8,12H. The van der Waals surface area contributed by atoms with Crippen molar-refractivity contribution in [2.24, 2.45) is 0 Å². The highest BCUT2D eigenvalue weighted by Crippen LogP contribution is 2.16. The quantitative estimate of drug-likeness (QED) is 0.614. The third-order valence-corrected chi connectivity index (χ3v) is 2.26. The molecule has 2 aromatic heterocycles. The van der Waals surface area contributed by atoms with E-state index < -0.39 is 0 Å². The molecular formula is C11H8N3. The average Bonchev–Trinajstić information content (AvgIpc) is 2.88. The van der Waals surface area contributed by atoms with Crippen LogP contribution in [0.15, 0.2) is 42.9 Å². The normalized spacial score (nSPS) is 10.9. The van der Waals surface area contributed by atoms with Crippen LogP contribution in [0.1, 0.15) is 0 Å². The molecule has 67 valence electrons. The third kappa shape index (κ3) is 1.03. The molecule has 0 fully saturated rings. The highest BCUT2D eigenvalue weighted by molar-refractivity contribution is 5.81. The van der Waals surface area contributed by atoms with Crippen LogP contribution in [-0.4, -0.2) is 14.8 Å². The molecule has 3 heteroatoms. The Labute approximate surface area is 81.0 Å². The van der Waals surface area contributed by atoms with Crippen molar-refractivity contribution in [3.63, 3.8) is 0 Å². The van der Waals surface area contributed by atoms with Gasteiger partial charge >= 0.3 is 0 Å². The minimum Gasteiger partial charge on any atom is -0.361 e. The van der Waals surface area contributed by atoms with E-state index in [1.54, 1.807) is 10.9 Å². The average molecular weight is 182 g/mol. The maximum absolute atomic E-state index is 4.12. The van der Waals surface area contributed by atoms with Crippen LogP contribution < -0.4 is 0 Å². The van der Waals surface area contributed by atoms with Crippen molar-refractivity contribution in [2.75, 3.05) is 0 Å². The molecule has 0 aliphatic carbocycles. The third-order valence-electron chi connectivity index (χ3n) is 2.26. The van der Waals surface area contributed by atoms with Gasteiger partial charge in [0.15, 0.2) is 0 Å². The fourth-order valence-electron chi connectivity index (χ4n) is 1.55. The summed E-state index contributed by atoms with van der Waals surface area (Å²) in [6.07, 6.45) is 5.40. The Morgan fingerprint density at radius 2 is 2.29 bits per heavy atom. The first kappa shape index (κ1) is 7.38. The Morgan fingerprint density at radius 3 is 3.14 bits per heavy atom. The summed E-state index contributed by atoms with van der Waals surface area (Å²) in [7, 11) is 0. The number of nitrogens with one attached hydrogen (secondary N) is 1. The first-order valence-electron chi connectivity index (χ1n) is 4.42. The summed E-state index contributed by atoms with van der Waals surface area (Å²) in [5, 5.41) is 5.34. The smallest absolute Gasteiger partial charge is 0.0666 e. The van der Waals surface area contributed by atoms with Crippen molar-refractivity contribution in [3.8, 4) is 5.69 Å². The van der Waals surface area contributed by atoms with Crippen LogP contribution in [0.2, 0.25) is 0 Å². The topological polar surface area (TPSA) is 33.6 Å². The van der Waals surface area contributed by atoms with Crippen LogP contribution in [0.4, 0.5) is 0 Å². The van der Waals surface area contributed by atoms with Crippen LogP contribution in [0.3, 0.4) is 0 Å². The molecule has 1 aromatic carbocycles. The Balaban J connectivity index is 2.23. The van der Waals surface area contributed by atoms with Gasteiger partial charge in [-0.15, -0.1) is 0 Å². The molecule has 3 rings (SSSR count). The van der Waals surface area contributed by atoms with Crippen molar-refractivity contribution in [3.05, 3.63) is 48.9 Å². The largest absolute Gasteiger partial charge is 0.361 e. The lowest BCUT2D eigenvalue weighted by Crippen LogP contribution is -1.92. The number of hydrogen-bond acceptors (Lipinski definition) is 1. The fourth-order valence-corrected chi connectivity index (χ4v) is 1.55. The summed E-state index contributed by atoms with van der Waals surface area (Å²) in [6.45, 7) is 0. The van der Waals surface area contributed by atoms with Gasteiger partial charge in [0.2, 0.25) is 0 Å². The Kier molecular flexibility index (Phi) is 1.44. The van der Waals surface area contributed by atoms with Gasteiger partial charge in [-0.2, -0.15) is 5.10 Å². The highest BCUT2D eigenvalue weighted by atomic mass is 15.3. The van der Waals surface area contributed by atoms with Crippen molar-refractivity contribution in [1.82, 2.24) is 14.8 Å². The van der Waals surface area contributed by atoms with Crippen molar-refractivity contribution >= 4 is 10.9 Å². The van der Waals surface area contributed by atoms with Crippen LogP contribution in [0.5, 0.6) is 0 Å². The molecule has 0 spiro atoms. The number of nitrogens with zero attached hydrogens (tertiary/aromatic N) is 2. The molecule has 1 radical (unpaired) electrons. The van der Waals surface area contributed by atoms with Gasteiger partial charge in [0.1, 0.15) is 0 Å². The molecule has 0 aliphatic heterocycles. The molecule has 0 saturated heterocycles. The summed E-state index contributed by atoms with van der Waals surface area (Å²) in [4.78, 5) is 3.17.